The zero-order chi connectivity index (χ0) is 28.7. The summed E-state index contributed by atoms with van der Waals surface area (Å²) in [5.41, 5.74) is -1.42. The summed E-state index contributed by atoms with van der Waals surface area (Å²) >= 11 is 0. The van der Waals surface area contributed by atoms with Gasteiger partial charge in [-0.2, -0.15) is 13.2 Å². The number of hydrogen-bond acceptors (Lipinski definition) is 7. The van der Waals surface area contributed by atoms with Crippen LogP contribution in [0.5, 0.6) is 0 Å². The average Bonchev–Trinajstić information content (AvgIpc) is 3.45. The lowest BCUT2D eigenvalue weighted by molar-refractivity contribution is -0.142. The van der Waals surface area contributed by atoms with E-state index in [0.29, 0.717) is 18.5 Å². The van der Waals surface area contributed by atoms with Crippen molar-refractivity contribution in [3.63, 3.8) is 0 Å². The molecule has 0 bridgehead atoms. The van der Waals surface area contributed by atoms with Gasteiger partial charge in [0.2, 0.25) is 5.91 Å². The molecule has 3 atom stereocenters. The summed E-state index contributed by atoms with van der Waals surface area (Å²) in [4.78, 5) is 37.4. The van der Waals surface area contributed by atoms with E-state index >= 15 is 0 Å². The smallest absolute Gasteiger partial charge is 0.433 e. The number of alkyl halides is 3. The molecule has 2 amide bonds. The van der Waals surface area contributed by atoms with Crippen LogP contribution in [0.1, 0.15) is 57.5 Å². The first kappa shape index (κ1) is 28.8. The van der Waals surface area contributed by atoms with E-state index < -0.39 is 35.8 Å². The first-order valence-corrected chi connectivity index (χ1v) is 12.9. The summed E-state index contributed by atoms with van der Waals surface area (Å²) in [7, 11) is 0. The van der Waals surface area contributed by atoms with Crippen LogP contribution in [0, 0.1) is 5.92 Å². The zero-order valence-corrected chi connectivity index (χ0v) is 22.4. The number of likely N-dealkylation sites (tertiary alicyclic amines) is 1. The number of furan rings is 1. The molecular weight excluding hydrogens is 519 g/mol. The van der Waals surface area contributed by atoms with Crippen molar-refractivity contribution in [2.45, 2.75) is 77.5 Å². The molecule has 0 aliphatic carbocycles. The van der Waals surface area contributed by atoms with Crippen LogP contribution in [-0.4, -0.2) is 84.3 Å². The molecule has 2 aliphatic heterocycles. The number of halogens is 3. The fourth-order valence-electron chi connectivity index (χ4n) is 5.51. The Hall–Kier alpha value is -3.19. The lowest BCUT2D eigenvalue weighted by atomic mass is 9.98. The van der Waals surface area contributed by atoms with Gasteiger partial charge in [-0.25, -0.2) is 14.8 Å². The highest BCUT2D eigenvalue weighted by Crippen LogP contribution is 2.36. The largest absolute Gasteiger partial charge is 0.472 e. The topological polar surface area (TPSA) is 123 Å². The van der Waals surface area contributed by atoms with Crippen molar-refractivity contribution >= 4 is 12.0 Å². The minimum atomic E-state index is -4.69. The number of amides is 2. The molecule has 4 heterocycles. The molecule has 2 aliphatic rings. The molecule has 4 rings (SSSR count). The van der Waals surface area contributed by atoms with Crippen LogP contribution in [0.2, 0.25) is 0 Å². The maximum absolute atomic E-state index is 13.9. The van der Waals surface area contributed by atoms with Crippen LogP contribution in [-0.2, 0) is 23.9 Å². The Morgan fingerprint density at radius 1 is 1.28 bits per heavy atom. The molecule has 2 N–H and O–H groups in total. The Morgan fingerprint density at radius 3 is 2.54 bits per heavy atom. The Bertz CT molecular complexity index is 1200. The third-order valence-electron chi connectivity index (χ3n) is 7.18. The molecule has 13 heteroatoms. The van der Waals surface area contributed by atoms with Crippen LogP contribution in [0.4, 0.5) is 18.0 Å². The number of aliphatic hydroxyl groups excluding tert-OH is 1. The number of rotatable bonds is 7. The van der Waals surface area contributed by atoms with Gasteiger partial charge >= 0.3 is 12.3 Å². The fraction of sp³-hybridized carbons (Fsp3) is 0.615. The van der Waals surface area contributed by atoms with Crippen molar-refractivity contribution in [1.82, 2.24) is 24.7 Å². The standard InChI is InChI=1S/C26H34F3N5O5/c1-15-9-20(35)33(11-15)12-17(34(24(37)38)25(2,3)4)10-21(36)32-7-5-18-19(13-32)30-23(16-6-8-39-14-16)31-22(18)26(27,28)29/h6,8,14-15,17,21,36H,5,7,9-13H2,1-4H3,(H,37,38)/t15?,17-,21?/m0/s1. The molecule has 1 fully saturated rings. The number of hydrogen-bond donors (Lipinski definition) is 2. The van der Waals surface area contributed by atoms with E-state index in [0.717, 1.165) is 0 Å². The van der Waals surface area contributed by atoms with Gasteiger partial charge in [0.25, 0.3) is 0 Å². The third-order valence-corrected chi connectivity index (χ3v) is 7.18. The van der Waals surface area contributed by atoms with E-state index in [2.05, 4.69) is 9.97 Å². The van der Waals surface area contributed by atoms with Gasteiger partial charge in [-0.3, -0.25) is 14.6 Å². The minimum Gasteiger partial charge on any atom is -0.472 e. The second-order valence-electron chi connectivity index (χ2n) is 11.4. The number of nitrogens with zero attached hydrogens (tertiary/aromatic N) is 5. The van der Waals surface area contributed by atoms with Crippen LogP contribution in [0.25, 0.3) is 11.4 Å². The highest BCUT2D eigenvalue weighted by atomic mass is 19.4. The molecule has 2 aromatic heterocycles. The third kappa shape index (κ3) is 6.35. The summed E-state index contributed by atoms with van der Waals surface area (Å²) in [5, 5.41) is 21.3. The second-order valence-corrected chi connectivity index (χ2v) is 11.4. The van der Waals surface area contributed by atoms with E-state index in [1.54, 1.807) is 30.6 Å². The molecule has 1 saturated heterocycles. The van der Waals surface area contributed by atoms with Crippen LogP contribution >= 0.6 is 0 Å². The highest BCUT2D eigenvalue weighted by Gasteiger charge is 2.41. The van der Waals surface area contributed by atoms with Crippen molar-refractivity contribution in [3.8, 4) is 11.4 Å². The van der Waals surface area contributed by atoms with Crippen LogP contribution in [0.15, 0.2) is 23.0 Å². The monoisotopic (exact) mass is 553 g/mol. The predicted molar refractivity (Wildman–Crippen MR) is 133 cm³/mol. The molecule has 0 radical (unpaired) electrons. The van der Waals surface area contributed by atoms with Crippen molar-refractivity contribution in [1.29, 1.82) is 0 Å². The van der Waals surface area contributed by atoms with Gasteiger partial charge in [-0.15, -0.1) is 0 Å². The van der Waals surface area contributed by atoms with Crippen molar-refractivity contribution in [2.75, 3.05) is 19.6 Å². The van der Waals surface area contributed by atoms with Crippen molar-refractivity contribution in [2.24, 2.45) is 5.92 Å². The molecule has 10 nitrogen and oxygen atoms in total. The summed E-state index contributed by atoms with van der Waals surface area (Å²) in [6.07, 6.45) is -4.19. The number of carboxylic acid groups (broad SMARTS) is 1. The minimum absolute atomic E-state index is 0.0201. The molecular formula is C26H34F3N5O5. The molecule has 39 heavy (non-hydrogen) atoms. The Labute approximate surface area is 224 Å². The number of carbonyl (C=O) groups excluding carboxylic acids is 1. The van der Waals surface area contributed by atoms with Crippen molar-refractivity contribution in [3.05, 3.63) is 35.5 Å². The van der Waals surface area contributed by atoms with Gasteiger partial charge in [-0.1, -0.05) is 6.92 Å². The molecule has 214 valence electrons. The van der Waals surface area contributed by atoms with Crippen LogP contribution in [0.3, 0.4) is 0 Å². The lowest BCUT2D eigenvalue weighted by Gasteiger charge is -2.43. The van der Waals surface area contributed by atoms with Gasteiger partial charge in [0.1, 0.15) is 12.5 Å². The summed E-state index contributed by atoms with van der Waals surface area (Å²) in [6.45, 7) is 7.77. The quantitative estimate of drug-likeness (QED) is 0.530. The first-order chi connectivity index (χ1) is 18.1. The van der Waals surface area contributed by atoms with E-state index in [9.17, 15) is 33.0 Å². The number of aliphatic hydroxyl groups is 1. The van der Waals surface area contributed by atoms with E-state index in [1.807, 2.05) is 6.92 Å². The Balaban J connectivity index is 1.61. The average molecular weight is 554 g/mol. The molecule has 0 saturated carbocycles. The van der Waals surface area contributed by atoms with E-state index in [1.165, 1.54) is 23.5 Å². The zero-order valence-electron chi connectivity index (χ0n) is 22.4. The molecule has 2 aromatic rings. The van der Waals surface area contributed by atoms with Gasteiger partial charge in [-0.05, 0) is 39.2 Å². The van der Waals surface area contributed by atoms with Gasteiger partial charge in [0.15, 0.2) is 11.5 Å². The number of aromatic nitrogens is 2. The Kier molecular flexibility index (Phi) is 7.95. The van der Waals surface area contributed by atoms with E-state index in [-0.39, 0.29) is 61.4 Å². The second kappa shape index (κ2) is 10.8. The number of fused-ring (bicyclic) bond motifs is 1. The first-order valence-electron chi connectivity index (χ1n) is 12.9. The maximum Gasteiger partial charge on any atom is 0.433 e. The van der Waals surface area contributed by atoms with Gasteiger partial charge < -0.3 is 19.5 Å². The van der Waals surface area contributed by atoms with Gasteiger partial charge in [0.05, 0.1) is 23.6 Å². The SMILES string of the molecule is CC1CC(=O)N(C[C@H](CC(O)N2CCc3c(nc(-c4ccoc4)nc3C(F)(F)F)C2)N(C(=O)O)C(C)(C)C)C1. The summed E-state index contributed by atoms with van der Waals surface area (Å²) < 4.78 is 46.6. The normalized spacial score (nSPS) is 20.2. The van der Waals surface area contributed by atoms with Crippen molar-refractivity contribution < 1.29 is 37.4 Å². The molecule has 0 aromatic carbocycles. The molecule has 0 spiro atoms. The van der Waals surface area contributed by atoms with Gasteiger partial charge in [0, 0.05) is 50.1 Å². The molecule has 2 unspecified atom stereocenters. The summed E-state index contributed by atoms with van der Waals surface area (Å²) in [5.74, 6) is -0.0618. The lowest BCUT2D eigenvalue weighted by Crippen LogP contribution is -2.57. The predicted octanol–water partition coefficient (Wildman–Crippen LogP) is 3.84. The maximum atomic E-state index is 13.9. The Morgan fingerprint density at radius 2 is 2.00 bits per heavy atom. The van der Waals surface area contributed by atoms with E-state index in [4.69, 9.17) is 4.42 Å². The highest BCUT2D eigenvalue weighted by molar-refractivity contribution is 5.78. The number of carbonyl (C=O) groups is 2. The summed E-state index contributed by atoms with van der Waals surface area (Å²) in [6, 6.07) is 0.723. The van der Waals surface area contributed by atoms with Crippen LogP contribution < -0.4 is 0 Å². The fourth-order valence-corrected chi connectivity index (χ4v) is 5.51.